The minimum absolute atomic E-state index is 0.186. The molecule has 2 fully saturated rings. The Morgan fingerprint density at radius 2 is 1.95 bits per heavy atom. The first-order valence-electron chi connectivity index (χ1n) is 7.17. The number of nitrogens with one attached hydrogen (secondary N) is 1. The molecule has 2 heterocycles. The fourth-order valence-electron chi connectivity index (χ4n) is 2.78. The number of benzene rings is 1. The van der Waals surface area contributed by atoms with Crippen LogP contribution in [0.3, 0.4) is 0 Å². The van der Waals surface area contributed by atoms with Crippen LogP contribution >= 0.6 is 0 Å². The molecule has 2 saturated heterocycles. The van der Waals surface area contributed by atoms with Gasteiger partial charge in [0.1, 0.15) is 24.4 Å². The van der Waals surface area contributed by atoms with Crippen molar-refractivity contribution in [2.24, 2.45) is 0 Å². The van der Waals surface area contributed by atoms with E-state index in [-0.39, 0.29) is 12.5 Å². The van der Waals surface area contributed by atoms with E-state index in [0.717, 1.165) is 5.56 Å². The van der Waals surface area contributed by atoms with Crippen LogP contribution in [-0.2, 0) is 19.0 Å². The van der Waals surface area contributed by atoms with E-state index in [0.29, 0.717) is 0 Å². The van der Waals surface area contributed by atoms with E-state index in [4.69, 9.17) is 14.2 Å². The summed E-state index contributed by atoms with van der Waals surface area (Å²) in [6, 6.07) is 8.41. The third kappa shape index (κ3) is 2.99. The molecule has 120 valence electrons. The predicted octanol–water partition coefficient (Wildman–Crippen LogP) is -0.317. The van der Waals surface area contributed by atoms with Gasteiger partial charge in [-0.15, -0.1) is 0 Å². The summed E-state index contributed by atoms with van der Waals surface area (Å²) < 4.78 is 16.8. The van der Waals surface area contributed by atoms with Gasteiger partial charge >= 0.3 is 0 Å². The topological polar surface area (TPSA) is 97.3 Å². The minimum atomic E-state index is -1.30. The van der Waals surface area contributed by atoms with Crippen molar-refractivity contribution in [3.63, 3.8) is 0 Å². The largest absolute Gasteiger partial charge is 0.388 e. The molecule has 1 aromatic carbocycles. The van der Waals surface area contributed by atoms with E-state index in [9.17, 15) is 15.0 Å². The van der Waals surface area contributed by atoms with Gasteiger partial charge in [0, 0.05) is 12.5 Å². The predicted molar refractivity (Wildman–Crippen MR) is 74.5 cm³/mol. The van der Waals surface area contributed by atoms with Gasteiger partial charge < -0.3 is 29.7 Å². The van der Waals surface area contributed by atoms with E-state index in [1.807, 2.05) is 30.3 Å². The number of carbonyl (C=O) groups is 1. The van der Waals surface area contributed by atoms with Crippen LogP contribution < -0.4 is 5.32 Å². The van der Waals surface area contributed by atoms with Crippen molar-refractivity contribution >= 4 is 5.91 Å². The molecule has 1 amide bonds. The van der Waals surface area contributed by atoms with Crippen LogP contribution in [0.2, 0.25) is 0 Å². The number of hydrogen-bond acceptors (Lipinski definition) is 6. The number of ether oxygens (including phenoxy) is 3. The fraction of sp³-hybridized carbons (Fsp3) is 0.533. The molecule has 0 aliphatic carbocycles. The van der Waals surface area contributed by atoms with E-state index in [2.05, 4.69) is 5.32 Å². The fourth-order valence-corrected chi connectivity index (χ4v) is 2.78. The highest BCUT2D eigenvalue weighted by Gasteiger charge is 2.49. The average Bonchev–Trinajstić information content (AvgIpc) is 2.52. The lowest BCUT2D eigenvalue weighted by molar-refractivity contribution is -0.337. The van der Waals surface area contributed by atoms with Crippen molar-refractivity contribution in [2.45, 2.75) is 43.9 Å². The SMILES string of the molecule is CC(=O)N[C@H]1[C@@H](O)[C@@H]2O[C@@H](c3ccccc3)OC[C@@H]2O[C@H]1O. The molecule has 7 nitrogen and oxygen atoms in total. The second kappa shape index (κ2) is 6.31. The normalized spacial score (nSPS) is 38.1. The first kappa shape index (κ1) is 15.4. The summed E-state index contributed by atoms with van der Waals surface area (Å²) in [7, 11) is 0. The number of carbonyl (C=O) groups excluding carboxylic acids is 1. The van der Waals surface area contributed by atoms with Crippen LogP contribution in [0.1, 0.15) is 18.8 Å². The second-order valence-corrected chi connectivity index (χ2v) is 5.46. The number of fused-ring (bicyclic) bond motifs is 1. The first-order chi connectivity index (χ1) is 10.6. The third-order valence-corrected chi connectivity index (χ3v) is 3.83. The zero-order valence-electron chi connectivity index (χ0n) is 12.1. The summed E-state index contributed by atoms with van der Waals surface area (Å²) in [4.78, 5) is 11.2. The Labute approximate surface area is 127 Å². The minimum Gasteiger partial charge on any atom is -0.388 e. The maximum atomic E-state index is 11.2. The Morgan fingerprint density at radius 1 is 1.23 bits per heavy atom. The van der Waals surface area contributed by atoms with Crippen molar-refractivity contribution < 1.29 is 29.2 Å². The Morgan fingerprint density at radius 3 is 2.64 bits per heavy atom. The molecule has 0 radical (unpaired) electrons. The van der Waals surface area contributed by atoms with E-state index in [1.54, 1.807) is 0 Å². The summed E-state index contributed by atoms with van der Waals surface area (Å²) in [5.74, 6) is -0.364. The zero-order chi connectivity index (χ0) is 15.7. The molecular weight excluding hydrogens is 290 g/mol. The van der Waals surface area contributed by atoms with E-state index in [1.165, 1.54) is 6.92 Å². The van der Waals surface area contributed by atoms with E-state index < -0.39 is 36.9 Å². The highest BCUT2D eigenvalue weighted by molar-refractivity contribution is 5.73. The Balaban J connectivity index is 1.75. The molecule has 0 bridgehead atoms. The van der Waals surface area contributed by atoms with Crippen molar-refractivity contribution in [2.75, 3.05) is 6.61 Å². The average molecular weight is 309 g/mol. The zero-order valence-corrected chi connectivity index (χ0v) is 12.1. The molecule has 22 heavy (non-hydrogen) atoms. The lowest BCUT2D eigenvalue weighted by atomic mass is 9.96. The van der Waals surface area contributed by atoms with Gasteiger partial charge in [-0.2, -0.15) is 0 Å². The smallest absolute Gasteiger partial charge is 0.217 e. The number of aliphatic hydroxyl groups excluding tert-OH is 2. The van der Waals surface area contributed by atoms with Crippen LogP contribution in [0.5, 0.6) is 0 Å². The van der Waals surface area contributed by atoms with Gasteiger partial charge in [0.15, 0.2) is 12.6 Å². The standard InChI is InChI=1S/C15H19NO6/c1-8(17)16-11-12(18)13-10(21-14(11)19)7-20-15(22-13)9-5-3-2-4-6-9/h2-6,10-15,18-19H,7H2,1H3,(H,16,17)/t10-,11-,12+,13+,14+,15-/m0/s1. The highest BCUT2D eigenvalue weighted by atomic mass is 16.7. The molecule has 6 atom stereocenters. The maximum absolute atomic E-state index is 11.2. The molecule has 3 rings (SSSR count). The number of amides is 1. The molecule has 2 aliphatic rings. The van der Waals surface area contributed by atoms with Crippen molar-refractivity contribution in [1.82, 2.24) is 5.32 Å². The van der Waals surface area contributed by atoms with Gasteiger partial charge in [-0.05, 0) is 0 Å². The molecule has 0 aromatic heterocycles. The summed E-state index contributed by atoms with van der Waals surface area (Å²) in [6.07, 6.45) is -4.29. The third-order valence-electron chi connectivity index (χ3n) is 3.83. The summed E-state index contributed by atoms with van der Waals surface area (Å²) >= 11 is 0. The Hall–Kier alpha value is -1.51. The Bertz CT molecular complexity index is 524. The number of aliphatic hydroxyl groups is 2. The molecule has 3 N–H and O–H groups in total. The lowest BCUT2D eigenvalue weighted by Gasteiger charge is -2.46. The highest BCUT2D eigenvalue weighted by Crippen LogP contribution is 2.33. The van der Waals surface area contributed by atoms with Crippen LogP contribution in [0.15, 0.2) is 30.3 Å². The van der Waals surface area contributed by atoms with Gasteiger partial charge in [-0.3, -0.25) is 4.79 Å². The maximum Gasteiger partial charge on any atom is 0.217 e. The summed E-state index contributed by atoms with van der Waals surface area (Å²) in [6.45, 7) is 1.49. The van der Waals surface area contributed by atoms with Gasteiger partial charge in [-0.25, -0.2) is 0 Å². The van der Waals surface area contributed by atoms with Crippen molar-refractivity contribution in [3.8, 4) is 0 Å². The van der Waals surface area contributed by atoms with Gasteiger partial charge in [0.2, 0.25) is 5.91 Å². The van der Waals surface area contributed by atoms with Gasteiger partial charge in [0.25, 0.3) is 0 Å². The van der Waals surface area contributed by atoms with Crippen LogP contribution in [0, 0.1) is 0 Å². The molecule has 2 aliphatic heterocycles. The van der Waals surface area contributed by atoms with Crippen LogP contribution in [-0.4, -0.2) is 53.4 Å². The molecule has 1 aromatic rings. The monoisotopic (exact) mass is 309 g/mol. The molecular formula is C15H19NO6. The molecule has 0 saturated carbocycles. The van der Waals surface area contributed by atoms with Crippen molar-refractivity contribution in [1.29, 1.82) is 0 Å². The molecule has 0 unspecified atom stereocenters. The lowest BCUT2D eigenvalue weighted by Crippen LogP contribution is -2.66. The first-order valence-corrected chi connectivity index (χ1v) is 7.17. The quantitative estimate of drug-likeness (QED) is 0.693. The van der Waals surface area contributed by atoms with Gasteiger partial charge in [-0.1, -0.05) is 30.3 Å². The number of rotatable bonds is 2. The summed E-state index contributed by atoms with van der Waals surface area (Å²) in [5, 5.41) is 22.8. The van der Waals surface area contributed by atoms with E-state index >= 15 is 0 Å². The van der Waals surface area contributed by atoms with Crippen molar-refractivity contribution in [3.05, 3.63) is 35.9 Å². The number of hydrogen-bond donors (Lipinski definition) is 3. The van der Waals surface area contributed by atoms with Crippen LogP contribution in [0.25, 0.3) is 0 Å². The van der Waals surface area contributed by atoms with Crippen LogP contribution in [0.4, 0.5) is 0 Å². The van der Waals surface area contributed by atoms with Gasteiger partial charge in [0.05, 0.1) is 6.61 Å². The molecule has 7 heteroatoms. The molecule has 0 spiro atoms. The summed E-state index contributed by atoms with van der Waals surface area (Å²) in [5.41, 5.74) is 0.829. The Kier molecular flexibility index (Phi) is 4.42. The second-order valence-electron chi connectivity index (χ2n) is 5.46.